The predicted octanol–water partition coefficient (Wildman–Crippen LogP) is 2.37. The van der Waals surface area contributed by atoms with Crippen molar-refractivity contribution in [3.05, 3.63) is 58.0 Å². The zero-order valence-corrected chi connectivity index (χ0v) is 15.2. The van der Waals surface area contributed by atoms with Crippen molar-refractivity contribution in [3.63, 3.8) is 0 Å². The van der Waals surface area contributed by atoms with Gasteiger partial charge in [0.15, 0.2) is 6.73 Å². The number of rotatable bonds is 8. The summed E-state index contributed by atoms with van der Waals surface area (Å²) < 4.78 is 11.9. The van der Waals surface area contributed by atoms with Gasteiger partial charge in [-0.05, 0) is 24.1 Å². The van der Waals surface area contributed by atoms with Crippen LogP contribution in [-0.2, 0) is 13.2 Å². The van der Waals surface area contributed by atoms with E-state index < -0.39 is 16.5 Å². The first-order chi connectivity index (χ1) is 13.5. The average Bonchev–Trinajstić information content (AvgIpc) is 3.33. The van der Waals surface area contributed by atoms with E-state index in [1.165, 1.54) is 29.7 Å². The van der Waals surface area contributed by atoms with Crippen LogP contribution in [0.3, 0.4) is 0 Å². The molecule has 0 atom stereocenters. The maximum absolute atomic E-state index is 12.3. The minimum atomic E-state index is -0.738. The second-order valence-corrected chi connectivity index (χ2v) is 5.71. The zero-order valence-electron chi connectivity index (χ0n) is 15.2. The fourth-order valence-electron chi connectivity index (χ4n) is 2.44. The van der Waals surface area contributed by atoms with Crippen molar-refractivity contribution in [2.45, 2.75) is 20.1 Å². The lowest BCUT2D eigenvalue weighted by atomic mass is 10.2. The van der Waals surface area contributed by atoms with Crippen molar-refractivity contribution in [1.82, 2.24) is 20.0 Å². The number of nitrogens with one attached hydrogen (secondary N) is 2. The summed E-state index contributed by atoms with van der Waals surface area (Å²) in [4.78, 5) is 22.7. The molecule has 0 unspecified atom stereocenters. The van der Waals surface area contributed by atoms with E-state index in [0.717, 1.165) is 6.42 Å². The van der Waals surface area contributed by atoms with E-state index in [2.05, 4.69) is 27.5 Å². The number of carbonyl (C=O) groups excluding carboxylic acids is 1. The monoisotopic (exact) mass is 386 g/mol. The highest BCUT2D eigenvalue weighted by molar-refractivity contribution is 6.06. The number of amides is 1. The molecule has 0 spiro atoms. The van der Waals surface area contributed by atoms with Crippen molar-refractivity contribution < 1.29 is 19.2 Å². The highest BCUT2D eigenvalue weighted by atomic mass is 16.6. The van der Waals surface area contributed by atoms with Gasteiger partial charge >= 0.3 is 11.6 Å². The fraction of sp³-hybridized carbons (Fsp3) is 0.235. The van der Waals surface area contributed by atoms with Crippen LogP contribution in [-0.4, -0.2) is 37.9 Å². The van der Waals surface area contributed by atoms with Gasteiger partial charge in [-0.3, -0.25) is 20.0 Å². The molecule has 0 saturated heterocycles. The van der Waals surface area contributed by atoms with Gasteiger partial charge in [-0.25, -0.2) is 4.68 Å². The number of aryl methyl sites for hydroxylation is 1. The standard InChI is InChI=1S/C17H18N6O5/c1-3-11-4-6-13(7-5-11)28-10-22-9-12(8-18-22)19-16(24)14-15(23(25)26)17(27-2)21-20-14/h4-9H,3,10H2,1-2H3,(H,19,24)(H,20,21). The molecule has 3 rings (SSSR count). The molecule has 0 aliphatic carbocycles. The molecule has 0 bridgehead atoms. The van der Waals surface area contributed by atoms with Crippen LogP contribution < -0.4 is 14.8 Å². The number of anilines is 1. The summed E-state index contributed by atoms with van der Waals surface area (Å²) in [5, 5.41) is 23.7. The largest absolute Gasteiger partial charge is 0.475 e. The molecule has 0 aliphatic rings. The zero-order chi connectivity index (χ0) is 20.1. The van der Waals surface area contributed by atoms with Crippen molar-refractivity contribution in [1.29, 1.82) is 0 Å². The first-order valence-corrected chi connectivity index (χ1v) is 8.34. The predicted molar refractivity (Wildman–Crippen MR) is 98.4 cm³/mol. The number of methoxy groups -OCH3 is 1. The van der Waals surface area contributed by atoms with Gasteiger partial charge in [-0.1, -0.05) is 19.1 Å². The number of hydrogen-bond acceptors (Lipinski definition) is 7. The lowest BCUT2D eigenvalue weighted by Crippen LogP contribution is -2.14. The van der Waals surface area contributed by atoms with Crippen LogP contribution in [0.5, 0.6) is 11.6 Å². The lowest BCUT2D eigenvalue weighted by molar-refractivity contribution is -0.386. The molecule has 3 aromatic rings. The van der Waals surface area contributed by atoms with Gasteiger partial charge in [-0.15, -0.1) is 5.10 Å². The molecule has 1 amide bonds. The van der Waals surface area contributed by atoms with Gasteiger partial charge in [0.1, 0.15) is 5.75 Å². The number of nitro groups is 1. The number of aromatic amines is 1. The SMILES string of the molecule is CCc1ccc(OCn2cc(NC(=O)c3[nH]nc(OC)c3[N+](=O)[O-])cn2)cc1. The Bertz CT molecular complexity index is 978. The third kappa shape index (κ3) is 4.09. The third-order valence-electron chi connectivity index (χ3n) is 3.90. The molecular weight excluding hydrogens is 368 g/mol. The molecule has 28 heavy (non-hydrogen) atoms. The van der Waals surface area contributed by atoms with Crippen LogP contribution in [0.2, 0.25) is 0 Å². The summed E-state index contributed by atoms with van der Waals surface area (Å²) in [6, 6.07) is 7.71. The number of benzene rings is 1. The number of carbonyl (C=O) groups is 1. The Labute approximate surface area is 159 Å². The van der Waals surface area contributed by atoms with E-state index >= 15 is 0 Å². The van der Waals surface area contributed by atoms with Crippen LogP contribution in [0.1, 0.15) is 23.0 Å². The summed E-state index contributed by atoms with van der Waals surface area (Å²) in [5.41, 5.74) is 0.701. The molecule has 0 radical (unpaired) electrons. The molecule has 2 heterocycles. The van der Waals surface area contributed by atoms with E-state index in [1.807, 2.05) is 24.3 Å². The Hall–Kier alpha value is -3.89. The van der Waals surface area contributed by atoms with E-state index in [0.29, 0.717) is 11.4 Å². The van der Waals surface area contributed by atoms with Crippen molar-refractivity contribution >= 4 is 17.3 Å². The van der Waals surface area contributed by atoms with E-state index in [-0.39, 0.29) is 18.3 Å². The molecule has 1 aromatic carbocycles. The van der Waals surface area contributed by atoms with Crippen molar-refractivity contribution in [3.8, 4) is 11.6 Å². The van der Waals surface area contributed by atoms with Gasteiger partial charge in [0.2, 0.25) is 5.69 Å². The smallest absolute Gasteiger partial charge is 0.362 e. The number of hydrogen-bond donors (Lipinski definition) is 2. The Morgan fingerprint density at radius 1 is 1.36 bits per heavy atom. The van der Waals surface area contributed by atoms with Crippen molar-refractivity contribution in [2.24, 2.45) is 0 Å². The van der Waals surface area contributed by atoms with E-state index in [1.54, 1.807) is 0 Å². The average molecular weight is 386 g/mol. The summed E-state index contributed by atoms with van der Waals surface area (Å²) in [6.07, 6.45) is 3.89. The number of H-pyrrole nitrogens is 1. The van der Waals surface area contributed by atoms with Gasteiger partial charge < -0.3 is 14.8 Å². The van der Waals surface area contributed by atoms with Crippen LogP contribution >= 0.6 is 0 Å². The molecule has 146 valence electrons. The fourth-order valence-corrected chi connectivity index (χ4v) is 2.44. The summed E-state index contributed by atoms with van der Waals surface area (Å²) in [6.45, 7) is 2.21. The summed E-state index contributed by atoms with van der Waals surface area (Å²) in [5.74, 6) is -0.315. The maximum Gasteiger partial charge on any atom is 0.362 e. The molecule has 2 aromatic heterocycles. The second kappa shape index (κ2) is 8.20. The molecule has 0 aliphatic heterocycles. The molecule has 11 heteroatoms. The minimum absolute atomic E-state index is 0.138. The van der Waals surface area contributed by atoms with E-state index in [4.69, 9.17) is 9.47 Å². The summed E-state index contributed by atoms with van der Waals surface area (Å²) >= 11 is 0. The number of nitrogens with zero attached hydrogens (tertiary/aromatic N) is 4. The highest BCUT2D eigenvalue weighted by Gasteiger charge is 2.30. The number of aromatic nitrogens is 4. The molecule has 11 nitrogen and oxygen atoms in total. The Kier molecular flexibility index (Phi) is 5.53. The lowest BCUT2D eigenvalue weighted by Gasteiger charge is -2.06. The van der Waals surface area contributed by atoms with Crippen LogP contribution in [0.25, 0.3) is 0 Å². The topological polar surface area (TPSA) is 137 Å². The second-order valence-electron chi connectivity index (χ2n) is 5.71. The first-order valence-electron chi connectivity index (χ1n) is 8.34. The Morgan fingerprint density at radius 2 is 2.11 bits per heavy atom. The minimum Gasteiger partial charge on any atom is -0.475 e. The normalized spacial score (nSPS) is 10.5. The Morgan fingerprint density at radius 3 is 2.75 bits per heavy atom. The van der Waals surface area contributed by atoms with Crippen LogP contribution in [0.15, 0.2) is 36.7 Å². The number of ether oxygens (including phenoxy) is 2. The quantitative estimate of drug-likeness (QED) is 0.448. The summed E-state index contributed by atoms with van der Waals surface area (Å²) in [7, 11) is 1.23. The van der Waals surface area contributed by atoms with Crippen molar-refractivity contribution in [2.75, 3.05) is 12.4 Å². The van der Waals surface area contributed by atoms with Gasteiger partial charge in [0.05, 0.1) is 30.1 Å². The molecular formula is C17H18N6O5. The molecule has 2 N–H and O–H groups in total. The van der Waals surface area contributed by atoms with Gasteiger partial charge in [-0.2, -0.15) is 5.10 Å². The van der Waals surface area contributed by atoms with E-state index in [9.17, 15) is 14.9 Å². The molecule has 0 saturated carbocycles. The van der Waals surface area contributed by atoms with Gasteiger partial charge in [0.25, 0.3) is 5.91 Å². The maximum atomic E-state index is 12.3. The Balaban J connectivity index is 1.63. The third-order valence-corrected chi connectivity index (χ3v) is 3.90. The first kappa shape index (κ1) is 18.9. The van der Waals surface area contributed by atoms with Crippen LogP contribution in [0, 0.1) is 10.1 Å². The highest BCUT2D eigenvalue weighted by Crippen LogP contribution is 2.28. The van der Waals surface area contributed by atoms with Crippen LogP contribution in [0.4, 0.5) is 11.4 Å². The molecule has 0 fully saturated rings. The van der Waals surface area contributed by atoms with Gasteiger partial charge in [0, 0.05) is 0 Å².